The predicted octanol–water partition coefficient (Wildman–Crippen LogP) is 2.88. The molecule has 2 aromatic heterocycles. The Kier molecular flexibility index (Phi) is 4.54. The summed E-state index contributed by atoms with van der Waals surface area (Å²) in [7, 11) is 0. The lowest BCUT2D eigenvalue weighted by Gasteiger charge is -2.09. The van der Waals surface area contributed by atoms with Gasteiger partial charge < -0.3 is 9.15 Å². The number of nitrogens with zero attached hydrogens (tertiary/aromatic N) is 4. The minimum absolute atomic E-state index is 0.0645. The number of fused-ring (bicyclic) bond motifs is 1. The second-order valence-corrected chi connectivity index (χ2v) is 6.99. The van der Waals surface area contributed by atoms with Crippen LogP contribution in [-0.4, -0.2) is 44.5 Å². The monoisotopic (exact) mass is 358 g/mol. The summed E-state index contributed by atoms with van der Waals surface area (Å²) in [5, 5.41) is 13.3. The van der Waals surface area contributed by atoms with E-state index in [1.165, 1.54) is 11.8 Å². The fourth-order valence-corrected chi connectivity index (χ4v) is 3.78. The standard InChI is InChI=1S/C17H18N4O3S/c1-11-13-6-2-3-7-15(13)24-16(11)14(22)10-25-17-18-19-20-21(17)9-12-5-4-8-23-12/h2-3,6-7,12H,4-5,8-10H2,1H3/t12-/m1/s1. The van der Waals surface area contributed by atoms with Crippen LogP contribution in [0.1, 0.15) is 29.0 Å². The number of furan rings is 1. The Hall–Kier alpha value is -2.19. The topological polar surface area (TPSA) is 83.0 Å². The highest BCUT2D eigenvalue weighted by Gasteiger charge is 2.21. The number of ether oxygens (including phenoxy) is 1. The van der Waals surface area contributed by atoms with Gasteiger partial charge >= 0.3 is 0 Å². The second kappa shape index (κ2) is 6.97. The van der Waals surface area contributed by atoms with Gasteiger partial charge in [0.15, 0.2) is 5.76 Å². The normalized spacial score (nSPS) is 17.4. The SMILES string of the molecule is Cc1c(C(=O)CSc2nnnn2C[C@H]2CCCO2)oc2ccccc12. The maximum Gasteiger partial charge on any atom is 0.209 e. The molecule has 0 amide bonds. The Morgan fingerprint density at radius 3 is 3.08 bits per heavy atom. The summed E-state index contributed by atoms with van der Waals surface area (Å²) in [6.45, 7) is 3.32. The molecule has 7 nitrogen and oxygen atoms in total. The van der Waals surface area contributed by atoms with E-state index >= 15 is 0 Å². The lowest BCUT2D eigenvalue weighted by atomic mass is 10.1. The van der Waals surface area contributed by atoms with E-state index in [1.807, 2.05) is 31.2 Å². The van der Waals surface area contributed by atoms with E-state index in [9.17, 15) is 4.79 Å². The molecule has 1 aromatic carbocycles. The molecule has 130 valence electrons. The maximum absolute atomic E-state index is 12.6. The van der Waals surface area contributed by atoms with Crippen LogP contribution < -0.4 is 0 Å². The van der Waals surface area contributed by atoms with Crippen molar-refractivity contribution in [3.8, 4) is 0 Å². The van der Waals surface area contributed by atoms with Gasteiger partial charge in [-0.2, -0.15) is 0 Å². The van der Waals surface area contributed by atoms with Gasteiger partial charge in [0.05, 0.1) is 18.4 Å². The number of thioether (sulfide) groups is 1. The van der Waals surface area contributed by atoms with Crippen LogP contribution in [0, 0.1) is 6.92 Å². The molecule has 0 saturated carbocycles. The van der Waals surface area contributed by atoms with Crippen molar-refractivity contribution in [3.05, 3.63) is 35.6 Å². The molecule has 1 saturated heterocycles. The molecule has 1 atom stereocenters. The zero-order chi connectivity index (χ0) is 17.2. The number of carbonyl (C=O) groups excluding carboxylic acids is 1. The van der Waals surface area contributed by atoms with Crippen molar-refractivity contribution in [2.75, 3.05) is 12.4 Å². The average Bonchev–Trinajstić information content (AvgIpc) is 3.35. The number of tetrazole rings is 1. The first-order chi connectivity index (χ1) is 12.2. The summed E-state index contributed by atoms with van der Waals surface area (Å²) in [4.78, 5) is 12.6. The smallest absolute Gasteiger partial charge is 0.209 e. The van der Waals surface area contributed by atoms with Crippen LogP contribution in [0.4, 0.5) is 0 Å². The number of carbonyl (C=O) groups is 1. The van der Waals surface area contributed by atoms with Crippen molar-refractivity contribution in [2.24, 2.45) is 0 Å². The molecule has 0 aliphatic carbocycles. The first-order valence-electron chi connectivity index (χ1n) is 8.24. The second-order valence-electron chi connectivity index (χ2n) is 6.04. The van der Waals surface area contributed by atoms with Crippen LogP contribution in [0.5, 0.6) is 0 Å². The molecule has 3 heterocycles. The largest absolute Gasteiger partial charge is 0.453 e. The highest BCUT2D eigenvalue weighted by Crippen LogP contribution is 2.27. The van der Waals surface area contributed by atoms with Crippen LogP contribution >= 0.6 is 11.8 Å². The van der Waals surface area contributed by atoms with Gasteiger partial charge in [0, 0.05) is 17.6 Å². The summed E-state index contributed by atoms with van der Waals surface area (Å²) in [6.07, 6.45) is 2.23. The number of para-hydroxylation sites is 1. The number of hydrogen-bond acceptors (Lipinski definition) is 7. The Balaban J connectivity index is 1.45. The Morgan fingerprint density at radius 1 is 1.40 bits per heavy atom. The molecule has 0 N–H and O–H groups in total. The van der Waals surface area contributed by atoms with Crippen molar-refractivity contribution in [1.29, 1.82) is 0 Å². The first-order valence-corrected chi connectivity index (χ1v) is 9.23. The van der Waals surface area contributed by atoms with E-state index in [0.29, 0.717) is 17.5 Å². The van der Waals surface area contributed by atoms with E-state index in [-0.39, 0.29) is 17.6 Å². The van der Waals surface area contributed by atoms with Crippen LogP contribution in [0.25, 0.3) is 11.0 Å². The fourth-order valence-electron chi connectivity index (χ4n) is 3.03. The number of aryl methyl sites for hydroxylation is 1. The van der Waals surface area contributed by atoms with E-state index in [2.05, 4.69) is 15.5 Å². The lowest BCUT2D eigenvalue weighted by molar-refractivity contribution is 0.0912. The zero-order valence-corrected chi connectivity index (χ0v) is 14.7. The molecule has 1 aliphatic heterocycles. The summed E-state index contributed by atoms with van der Waals surface area (Å²) in [6, 6.07) is 7.66. The summed E-state index contributed by atoms with van der Waals surface area (Å²) >= 11 is 1.32. The number of ketones is 1. The van der Waals surface area contributed by atoms with Crippen molar-refractivity contribution >= 4 is 28.5 Å². The van der Waals surface area contributed by atoms with Gasteiger partial charge in [-0.3, -0.25) is 4.79 Å². The maximum atomic E-state index is 12.6. The summed E-state index contributed by atoms with van der Waals surface area (Å²) in [5.41, 5.74) is 1.61. The van der Waals surface area contributed by atoms with Crippen molar-refractivity contribution in [3.63, 3.8) is 0 Å². The summed E-state index contributed by atoms with van der Waals surface area (Å²) < 4.78 is 13.1. The third-order valence-corrected chi connectivity index (χ3v) is 5.29. The molecule has 1 aliphatic rings. The van der Waals surface area contributed by atoms with E-state index in [4.69, 9.17) is 9.15 Å². The molecule has 0 spiro atoms. The Morgan fingerprint density at radius 2 is 2.28 bits per heavy atom. The van der Waals surface area contributed by atoms with Gasteiger partial charge in [-0.25, -0.2) is 4.68 Å². The highest BCUT2D eigenvalue weighted by molar-refractivity contribution is 7.99. The summed E-state index contributed by atoms with van der Waals surface area (Å²) in [5.74, 6) is 0.573. The lowest BCUT2D eigenvalue weighted by Crippen LogP contribution is -2.17. The van der Waals surface area contributed by atoms with Gasteiger partial charge in [0.1, 0.15) is 5.58 Å². The number of benzene rings is 1. The van der Waals surface area contributed by atoms with Crippen LogP contribution in [-0.2, 0) is 11.3 Å². The molecule has 0 radical (unpaired) electrons. The van der Waals surface area contributed by atoms with Crippen molar-refractivity contribution < 1.29 is 13.9 Å². The van der Waals surface area contributed by atoms with E-state index in [0.717, 1.165) is 36.0 Å². The number of Topliss-reactive ketones (excluding diaryl/α,β-unsaturated/α-hetero) is 1. The van der Waals surface area contributed by atoms with E-state index < -0.39 is 0 Å². The zero-order valence-electron chi connectivity index (χ0n) is 13.8. The third-order valence-electron chi connectivity index (χ3n) is 4.33. The molecule has 0 unspecified atom stereocenters. The van der Waals surface area contributed by atoms with Crippen molar-refractivity contribution in [1.82, 2.24) is 20.2 Å². The fraction of sp³-hybridized carbons (Fsp3) is 0.412. The molecule has 25 heavy (non-hydrogen) atoms. The van der Waals surface area contributed by atoms with Gasteiger partial charge in [0.25, 0.3) is 0 Å². The number of rotatable bonds is 6. The highest BCUT2D eigenvalue weighted by atomic mass is 32.2. The van der Waals surface area contributed by atoms with Gasteiger partial charge in [-0.05, 0) is 36.3 Å². The quantitative estimate of drug-likeness (QED) is 0.495. The van der Waals surface area contributed by atoms with Crippen LogP contribution in [0.15, 0.2) is 33.8 Å². The third kappa shape index (κ3) is 3.32. The molecule has 0 bridgehead atoms. The minimum atomic E-state index is -0.0645. The Bertz CT molecular complexity index is 898. The van der Waals surface area contributed by atoms with Crippen LogP contribution in [0.3, 0.4) is 0 Å². The molecule has 8 heteroatoms. The number of hydrogen-bond donors (Lipinski definition) is 0. The molecule has 4 rings (SSSR count). The minimum Gasteiger partial charge on any atom is -0.453 e. The Labute approximate surface area is 148 Å². The average molecular weight is 358 g/mol. The van der Waals surface area contributed by atoms with Crippen molar-refractivity contribution in [2.45, 2.75) is 37.6 Å². The molecular weight excluding hydrogens is 340 g/mol. The van der Waals surface area contributed by atoms with Gasteiger partial charge in [0.2, 0.25) is 10.9 Å². The van der Waals surface area contributed by atoms with Gasteiger partial charge in [-0.1, -0.05) is 30.0 Å². The molecule has 1 fully saturated rings. The number of aromatic nitrogens is 4. The molecular formula is C17H18N4O3S. The predicted molar refractivity (Wildman–Crippen MR) is 92.8 cm³/mol. The van der Waals surface area contributed by atoms with Gasteiger partial charge in [-0.15, -0.1) is 5.10 Å². The molecule has 3 aromatic rings. The van der Waals surface area contributed by atoms with Crippen LogP contribution in [0.2, 0.25) is 0 Å². The first kappa shape index (κ1) is 16.3. The van der Waals surface area contributed by atoms with E-state index in [1.54, 1.807) is 4.68 Å².